The summed E-state index contributed by atoms with van der Waals surface area (Å²) in [5.41, 5.74) is 0.309. The predicted molar refractivity (Wildman–Crippen MR) is 146 cm³/mol. The molecule has 1 aromatic heterocycles. The Morgan fingerprint density at radius 3 is 2.39 bits per heavy atom. The van der Waals surface area contributed by atoms with Gasteiger partial charge < -0.3 is 25.5 Å². The van der Waals surface area contributed by atoms with E-state index in [1.165, 1.54) is 0 Å². The first-order valence-corrected chi connectivity index (χ1v) is 12.8. The second-order valence-electron chi connectivity index (χ2n) is 9.39. The number of nitrogens with zero attached hydrogens (tertiary/aromatic N) is 4. The maximum atomic E-state index is 13.3. The molecule has 2 heterocycles. The zero-order chi connectivity index (χ0) is 26.6. The van der Waals surface area contributed by atoms with Gasteiger partial charge >= 0.3 is 0 Å². The molecule has 38 heavy (non-hydrogen) atoms. The van der Waals surface area contributed by atoms with Crippen LogP contribution in [-0.4, -0.2) is 58.1 Å². The van der Waals surface area contributed by atoms with Crippen LogP contribution >= 0.6 is 0 Å². The van der Waals surface area contributed by atoms with E-state index in [2.05, 4.69) is 20.6 Å². The molecule has 2 aliphatic rings. The summed E-state index contributed by atoms with van der Waals surface area (Å²) in [6.45, 7) is 4.07. The molecule has 1 aliphatic carbocycles. The fraction of sp³-hybridized carbons (Fsp3) is 0.321. The highest BCUT2D eigenvalue weighted by atomic mass is 16.3. The zero-order valence-corrected chi connectivity index (χ0v) is 21.1. The number of aliphatic hydroxyl groups is 1. The highest BCUT2D eigenvalue weighted by Gasteiger charge is 2.32. The van der Waals surface area contributed by atoms with Crippen molar-refractivity contribution in [1.82, 2.24) is 14.9 Å². The smallest absolute Gasteiger partial charge is 0.257 e. The molecular formula is C28H30N6O4. The lowest BCUT2D eigenvalue weighted by molar-refractivity contribution is -0.127. The van der Waals surface area contributed by atoms with Crippen LogP contribution in [-0.2, 0) is 4.79 Å². The monoisotopic (exact) mass is 514 g/mol. The molecule has 1 unspecified atom stereocenters. The summed E-state index contributed by atoms with van der Waals surface area (Å²) in [5.74, 6) is 0.205. The molecule has 0 bridgehead atoms. The minimum absolute atomic E-state index is 0.138. The van der Waals surface area contributed by atoms with Gasteiger partial charge in [-0.3, -0.25) is 14.4 Å². The van der Waals surface area contributed by atoms with Gasteiger partial charge in [0.05, 0.1) is 17.7 Å². The van der Waals surface area contributed by atoms with E-state index in [1.54, 1.807) is 35.5 Å². The Hall–Kier alpha value is -4.47. The number of benzene rings is 1. The normalized spacial score (nSPS) is 18.5. The first-order valence-electron chi connectivity index (χ1n) is 12.8. The molecule has 2 atom stereocenters. The van der Waals surface area contributed by atoms with Gasteiger partial charge in [-0.15, -0.1) is 0 Å². The van der Waals surface area contributed by atoms with Crippen LogP contribution in [0.25, 0.3) is 0 Å². The average Bonchev–Trinajstić information content (AvgIpc) is 2.98. The summed E-state index contributed by atoms with van der Waals surface area (Å²) < 4.78 is 0. The topological polar surface area (TPSA) is 128 Å². The van der Waals surface area contributed by atoms with Crippen molar-refractivity contribution in [2.45, 2.75) is 31.8 Å². The number of carbonyl (C=O) groups is 1. The van der Waals surface area contributed by atoms with Crippen molar-refractivity contribution < 1.29 is 9.90 Å². The quantitative estimate of drug-likeness (QED) is 0.389. The molecule has 1 amide bonds. The van der Waals surface area contributed by atoms with Crippen LogP contribution in [0.2, 0.25) is 0 Å². The molecule has 10 heteroatoms. The molecule has 0 radical (unpaired) electrons. The molecule has 196 valence electrons. The van der Waals surface area contributed by atoms with Crippen molar-refractivity contribution in [3.05, 3.63) is 98.3 Å². The first-order chi connectivity index (χ1) is 18.5. The van der Waals surface area contributed by atoms with Gasteiger partial charge in [0.15, 0.2) is 0 Å². The Bertz CT molecular complexity index is 1420. The van der Waals surface area contributed by atoms with Crippen LogP contribution in [0.1, 0.15) is 31.4 Å². The summed E-state index contributed by atoms with van der Waals surface area (Å²) in [7, 11) is 0. The molecular weight excluding hydrogens is 484 g/mol. The molecule has 10 nitrogen and oxygen atoms in total. The van der Waals surface area contributed by atoms with Crippen LogP contribution in [0.15, 0.2) is 81.9 Å². The number of rotatable bonds is 8. The number of hydrogen-bond acceptors (Lipinski definition) is 9. The van der Waals surface area contributed by atoms with Gasteiger partial charge in [-0.05, 0) is 30.5 Å². The minimum atomic E-state index is -0.696. The van der Waals surface area contributed by atoms with E-state index in [9.17, 15) is 19.5 Å². The maximum Gasteiger partial charge on any atom is 0.257 e. The third-order valence-corrected chi connectivity index (χ3v) is 7.05. The van der Waals surface area contributed by atoms with Crippen molar-refractivity contribution in [1.29, 1.82) is 0 Å². The lowest BCUT2D eigenvalue weighted by Gasteiger charge is -2.35. The fourth-order valence-corrected chi connectivity index (χ4v) is 4.87. The van der Waals surface area contributed by atoms with E-state index >= 15 is 0 Å². The van der Waals surface area contributed by atoms with Gasteiger partial charge in [0.1, 0.15) is 17.1 Å². The summed E-state index contributed by atoms with van der Waals surface area (Å²) in [4.78, 5) is 50.4. The van der Waals surface area contributed by atoms with Gasteiger partial charge in [-0.2, -0.15) is 0 Å². The average molecular weight is 515 g/mol. The first kappa shape index (κ1) is 25.2. The van der Waals surface area contributed by atoms with E-state index in [-0.39, 0.29) is 34.7 Å². The lowest BCUT2D eigenvalue weighted by atomic mass is 9.97. The van der Waals surface area contributed by atoms with Crippen molar-refractivity contribution in [3.8, 4) is 0 Å². The number of aromatic nitrogens is 2. The predicted octanol–water partition coefficient (Wildman–Crippen LogP) is 2.54. The highest BCUT2D eigenvalue weighted by Crippen LogP contribution is 2.28. The number of hydrogen-bond donors (Lipinski definition) is 3. The number of piperazine rings is 1. The van der Waals surface area contributed by atoms with Gasteiger partial charge in [0, 0.05) is 38.6 Å². The molecule has 0 spiro atoms. The van der Waals surface area contributed by atoms with Crippen molar-refractivity contribution in [3.63, 3.8) is 0 Å². The molecule has 3 aromatic rings. The number of amides is 1. The number of nitrogens with one attached hydrogen (secondary N) is 2. The Kier molecular flexibility index (Phi) is 7.21. The molecule has 1 aliphatic heterocycles. The summed E-state index contributed by atoms with van der Waals surface area (Å²) in [6, 6.07) is 10.6. The summed E-state index contributed by atoms with van der Waals surface area (Å²) in [5, 5.41) is 17.2. The van der Waals surface area contributed by atoms with Crippen molar-refractivity contribution in [2.24, 2.45) is 0 Å². The van der Waals surface area contributed by atoms with Crippen LogP contribution < -0.4 is 26.4 Å². The summed E-state index contributed by atoms with van der Waals surface area (Å²) in [6.07, 6.45) is 7.85. The SMILES string of the molecule is CC[C@@H](Nc1c(NC2CC=CC(C(=O)N3CCN(c4ncccn4)CC3)=C2O)c(=O)c1=O)c1ccccc1. The van der Waals surface area contributed by atoms with Crippen LogP contribution in [0.3, 0.4) is 0 Å². The van der Waals surface area contributed by atoms with E-state index in [4.69, 9.17) is 0 Å². The Morgan fingerprint density at radius 2 is 1.71 bits per heavy atom. The molecule has 1 fully saturated rings. The van der Waals surface area contributed by atoms with E-state index in [0.29, 0.717) is 45.0 Å². The Morgan fingerprint density at radius 1 is 1.03 bits per heavy atom. The summed E-state index contributed by atoms with van der Waals surface area (Å²) >= 11 is 0. The fourth-order valence-electron chi connectivity index (χ4n) is 4.87. The maximum absolute atomic E-state index is 13.3. The molecule has 0 saturated carbocycles. The second kappa shape index (κ2) is 10.9. The van der Waals surface area contributed by atoms with Crippen LogP contribution in [0.5, 0.6) is 0 Å². The number of aliphatic hydroxyl groups excluding tert-OH is 1. The molecule has 1 saturated heterocycles. The Labute approximate surface area is 220 Å². The lowest BCUT2D eigenvalue weighted by Crippen LogP contribution is -2.50. The van der Waals surface area contributed by atoms with Crippen LogP contribution in [0, 0.1) is 0 Å². The number of carbonyl (C=O) groups excluding carboxylic acids is 1. The van der Waals surface area contributed by atoms with Crippen LogP contribution in [0.4, 0.5) is 17.3 Å². The molecule has 2 aromatic carbocycles. The van der Waals surface area contributed by atoms with Crippen molar-refractivity contribution in [2.75, 3.05) is 41.7 Å². The van der Waals surface area contributed by atoms with Gasteiger partial charge in [0.2, 0.25) is 5.95 Å². The van der Waals surface area contributed by atoms with E-state index in [1.807, 2.05) is 42.2 Å². The van der Waals surface area contributed by atoms with E-state index in [0.717, 1.165) is 5.56 Å². The molecule has 5 rings (SSSR count). The second-order valence-corrected chi connectivity index (χ2v) is 9.39. The van der Waals surface area contributed by atoms with E-state index < -0.39 is 16.9 Å². The number of anilines is 3. The van der Waals surface area contributed by atoms with Crippen molar-refractivity contribution >= 4 is 23.2 Å². The highest BCUT2D eigenvalue weighted by molar-refractivity contribution is 5.97. The van der Waals surface area contributed by atoms with Gasteiger partial charge in [-0.1, -0.05) is 43.3 Å². The van der Waals surface area contributed by atoms with Gasteiger partial charge in [-0.25, -0.2) is 9.97 Å². The molecule has 3 N–H and O–H groups in total. The largest absolute Gasteiger partial charge is 0.509 e. The minimum Gasteiger partial charge on any atom is -0.509 e. The zero-order valence-electron chi connectivity index (χ0n) is 21.1. The standard InChI is InChI=1S/C28H30N6O4/c1-2-20(18-8-4-3-5-9-18)31-22-23(26(37)25(22)36)32-21-11-6-10-19(24(21)35)27(38)33-14-16-34(17-15-33)28-29-12-7-13-30-28/h3-10,12-13,20-21,31-32,35H,2,11,14-17H2,1H3/t20-,21?/m1/s1. The third-order valence-electron chi connectivity index (χ3n) is 7.05. The van der Waals surface area contributed by atoms with Gasteiger partial charge in [0.25, 0.3) is 16.8 Å². The Balaban J connectivity index is 1.28. The third kappa shape index (κ3) is 4.89.